The third-order valence-corrected chi connectivity index (χ3v) is 4.08. The molecule has 2 aromatic heterocycles. The van der Waals surface area contributed by atoms with Crippen molar-refractivity contribution in [3.8, 4) is 11.3 Å². The number of aromatic nitrogens is 3. The molecule has 0 saturated carbocycles. The lowest BCUT2D eigenvalue weighted by atomic mass is 10.1. The van der Waals surface area contributed by atoms with Crippen LogP contribution in [0.5, 0.6) is 0 Å². The fourth-order valence-electron chi connectivity index (χ4n) is 2.76. The molecule has 0 aliphatic rings. The maximum Gasteiger partial charge on any atom is 0.254 e. The van der Waals surface area contributed by atoms with Gasteiger partial charge in [0.15, 0.2) is 12.2 Å². The van der Waals surface area contributed by atoms with Crippen LogP contribution >= 0.6 is 0 Å². The van der Waals surface area contributed by atoms with E-state index >= 15 is 0 Å². The van der Waals surface area contributed by atoms with Gasteiger partial charge < -0.3 is 14.3 Å². The highest BCUT2D eigenvalue weighted by Crippen LogP contribution is 2.20. The fourth-order valence-corrected chi connectivity index (χ4v) is 2.76. The van der Waals surface area contributed by atoms with Gasteiger partial charge in [-0.2, -0.15) is 0 Å². The highest BCUT2D eigenvalue weighted by molar-refractivity contribution is 5.94. The van der Waals surface area contributed by atoms with Gasteiger partial charge in [0.25, 0.3) is 5.91 Å². The number of carbonyl (C=O) groups is 1. The molecule has 2 aromatic carbocycles. The van der Waals surface area contributed by atoms with Gasteiger partial charge in [-0.3, -0.25) is 4.79 Å². The normalized spacial score (nSPS) is 11.0. The molecule has 0 aliphatic heterocycles. The molecule has 2 heterocycles. The number of rotatable bonds is 4. The number of fused-ring (bicyclic) bond motifs is 1. The Hall–Kier alpha value is -3.48. The van der Waals surface area contributed by atoms with E-state index in [1.807, 2.05) is 12.1 Å². The lowest BCUT2D eigenvalue weighted by molar-refractivity contribution is 0.0782. The summed E-state index contributed by atoms with van der Waals surface area (Å²) in [5.41, 5.74) is 2.68. The third kappa shape index (κ3) is 3.06. The van der Waals surface area contributed by atoms with Crippen LogP contribution in [0.25, 0.3) is 22.4 Å². The maximum absolute atomic E-state index is 13.3. The largest absolute Gasteiger partial charge is 0.444 e. The Morgan fingerprint density at radius 2 is 2.04 bits per heavy atom. The first-order valence-corrected chi connectivity index (χ1v) is 7.99. The van der Waals surface area contributed by atoms with E-state index in [9.17, 15) is 9.18 Å². The van der Waals surface area contributed by atoms with Crippen LogP contribution in [-0.4, -0.2) is 32.8 Å². The Labute approximate surface area is 148 Å². The third-order valence-electron chi connectivity index (χ3n) is 4.08. The van der Waals surface area contributed by atoms with Gasteiger partial charge >= 0.3 is 0 Å². The van der Waals surface area contributed by atoms with Crippen LogP contribution in [0.15, 0.2) is 59.5 Å². The van der Waals surface area contributed by atoms with E-state index in [0.717, 1.165) is 5.56 Å². The molecule has 0 bridgehead atoms. The first-order chi connectivity index (χ1) is 12.6. The van der Waals surface area contributed by atoms with Crippen LogP contribution < -0.4 is 0 Å². The summed E-state index contributed by atoms with van der Waals surface area (Å²) in [6.45, 7) is 0.291. The molecule has 130 valence electrons. The summed E-state index contributed by atoms with van der Waals surface area (Å²) < 4.78 is 18.5. The SMILES string of the molecule is CN(Cc1nc2ccc(F)cc2[nH]1)C(=O)c1ccc(-c2cnco2)cc1. The topological polar surface area (TPSA) is 75.0 Å². The highest BCUT2D eigenvalue weighted by Gasteiger charge is 2.14. The number of imidazole rings is 1. The van der Waals surface area contributed by atoms with Gasteiger partial charge in [-0.1, -0.05) is 12.1 Å². The van der Waals surface area contributed by atoms with E-state index in [-0.39, 0.29) is 11.7 Å². The zero-order valence-electron chi connectivity index (χ0n) is 13.9. The first kappa shape index (κ1) is 16.0. The van der Waals surface area contributed by atoms with Crippen molar-refractivity contribution in [1.29, 1.82) is 0 Å². The van der Waals surface area contributed by atoms with Crippen LogP contribution in [0, 0.1) is 5.82 Å². The Morgan fingerprint density at radius 1 is 1.23 bits per heavy atom. The lowest BCUT2D eigenvalue weighted by Crippen LogP contribution is -2.26. The van der Waals surface area contributed by atoms with Gasteiger partial charge in [-0.05, 0) is 30.3 Å². The minimum Gasteiger partial charge on any atom is -0.444 e. The van der Waals surface area contributed by atoms with Gasteiger partial charge in [0.1, 0.15) is 11.6 Å². The summed E-state index contributed by atoms with van der Waals surface area (Å²) in [6, 6.07) is 11.5. The van der Waals surface area contributed by atoms with Gasteiger partial charge in [-0.15, -0.1) is 0 Å². The van der Waals surface area contributed by atoms with Crippen LogP contribution in [0.4, 0.5) is 4.39 Å². The number of hydrogen-bond acceptors (Lipinski definition) is 4. The molecule has 0 spiro atoms. The molecule has 7 heteroatoms. The molecule has 4 aromatic rings. The van der Waals surface area contributed by atoms with E-state index in [2.05, 4.69) is 15.0 Å². The van der Waals surface area contributed by atoms with Gasteiger partial charge in [-0.25, -0.2) is 14.4 Å². The number of aromatic amines is 1. The van der Waals surface area contributed by atoms with E-state index in [4.69, 9.17) is 4.42 Å². The summed E-state index contributed by atoms with van der Waals surface area (Å²) >= 11 is 0. The van der Waals surface area contributed by atoms with Crippen molar-refractivity contribution in [2.75, 3.05) is 7.05 Å². The Morgan fingerprint density at radius 3 is 2.77 bits per heavy atom. The summed E-state index contributed by atoms with van der Waals surface area (Å²) in [5.74, 6) is 0.774. The number of halogens is 1. The lowest BCUT2D eigenvalue weighted by Gasteiger charge is -2.15. The summed E-state index contributed by atoms with van der Waals surface area (Å²) in [6.07, 6.45) is 2.98. The van der Waals surface area contributed by atoms with Crippen molar-refractivity contribution in [2.45, 2.75) is 6.54 Å². The van der Waals surface area contributed by atoms with Crippen molar-refractivity contribution < 1.29 is 13.6 Å². The molecule has 0 saturated heterocycles. The predicted octanol–water partition coefficient (Wildman–Crippen LogP) is 3.63. The summed E-state index contributed by atoms with van der Waals surface area (Å²) in [4.78, 5) is 25.5. The van der Waals surface area contributed by atoms with Gasteiger partial charge in [0.05, 0.1) is 23.8 Å². The van der Waals surface area contributed by atoms with Crippen molar-refractivity contribution in [3.63, 3.8) is 0 Å². The average molecular weight is 350 g/mol. The molecule has 6 nitrogen and oxygen atoms in total. The molecular weight excluding hydrogens is 335 g/mol. The van der Waals surface area contributed by atoms with Gasteiger partial charge in [0.2, 0.25) is 0 Å². The van der Waals surface area contributed by atoms with Crippen LogP contribution in [0.2, 0.25) is 0 Å². The highest BCUT2D eigenvalue weighted by atomic mass is 19.1. The number of amides is 1. The first-order valence-electron chi connectivity index (χ1n) is 7.99. The van der Waals surface area contributed by atoms with E-state index in [1.54, 1.807) is 36.3 Å². The van der Waals surface area contributed by atoms with Crippen molar-refractivity contribution in [1.82, 2.24) is 19.9 Å². The molecule has 0 radical (unpaired) electrons. The number of nitrogens with one attached hydrogen (secondary N) is 1. The molecule has 0 aliphatic carbocycles. The minimum absolute atomic E-state index is 0.138. The van der Waals surface area contributed by atoms with Crippen LogP contribution in [-0.2, 0) is 6.54 Å². The molecule has 1 N–H and O–H groups in total. The summed E-state index contributed by atoms with van der Waals surface area (Å²) in [7, 11) is 1.69. The number of oxazole rings is 1. The second-order valence-electron chi connectivity index (χ2n) is 5.95. The van der Waals surface area contributed by atoms with E-state index < -0.39 is 0 Å². The molecule has 0 unspecified atom stereocenters. The quantitative estimate of drug-likeness (QED) is 0.610. The minimum atomic E-state index is -0.330. The average Bonchev–Trinajstić information content (AvgIpc) is 3.30. The maximum atomic E-state index is 13.3. The molecular formula is C19H15FN4O2. The fraction of sp³-hybridized carbons (Fsp3) is 0.105. The number of carbonyl (C=O) groups excluding carboxylic acids is 1. The van der Waals surface area contributed by atoms with Crippen LogP contribution in [0.3, 0.4) is 0 Å². The number of hydrogen-bond donors (Lipinski definition) is 1. The molecule has 4 rings (SSSR count). The monoisotopic (exact) mass is 350 g/mol. The van der Waals surface area contributed by atoms with E-state index in [1.165, 1.54) is 18.5 Å². The Bertz CT molecular complexity index is 1060. The van der Waals surface area contributed by atoms with Crippen molar-refractivity contribution in [3.05, 3.63) is 72.3 Å². The Kier molecular flexibility index (Phi) is 3.96. The van der Waals surface area contributed by atoms with Crippen molar-refractivity contribution >= 4 is 16.9 Å². The number of H-pyrrole nitrogens is 1. The second-order valence-corrected chi connectivity index (χ2v) is 5.95. The number of benzene rings is 2. The zero-order chi connectivity index (χ0) is 18.1. The molecule has 26 heavy (non-hydrogen) atoms. The summed E-state index contributed by atoms with van der Waals surface area (Å²) in [5, 5.41) is 0. The molecule has 1 amide bonds. The standard InChI is InChI=1S/C19H15FN4O2/c1-24(10-18-22-15-7-6-14(20)8-16(15)23-18)19(25)13-4-2-12(3-5-13)17-9-21-11-26-17/h2-9,11H,10H2,1H3,(H,22,23). The zero-order valence-corrected chi connectivity index (χ0v) is 13.9. The smallest absolute Gasteiger partial charge is 0.254 e. The molecule has 0 atom stereocenters. The van der Waals surface area contributed by atoms with E-state index in [0.29, 0.717) is 34.7 Å². The predicted molar refractivity (Wildman–Crippen MR) is 93.8 cm³/mol. The second kappa shape index (κ2) is 6.44. The Balaban J connectivity index is 1.50. The number of nitrogens with zero attached hydrogens (tertiary/aromatic N) is 3. The van der Waals surface area contributed by atoms with Gasteiger partial charge in [0, 0.05) is 18.2 Å². The van der Waals surface area contributed by atoms with Crippen LogP contribution in [0.1, 0.15) is 16.2 Å². The molecule has 0 fully saturated rings. The van der Waals surface area contributed by atoms with Crippen molar-refractivity contribution in [2.24, 2.45) is 0 Å².